The number of amides is 2. The van der Waals surface area contributed by atoms with Gasteiger partial charge in [-0.05, 0) is 62.6 Å². The summed E-state index contributed by atoms with van der Waals surface area (Å²) in [5.74, 6) is 0.202. The van der Waals surface area contributed by atoms with Gasteiger partial charge in [-0.2, -0.15) is 0 Å². The fourth-order valence-corrected chi connectivity index (χ4v) is 4.62. The lowest BCUT2D eigenvalue weighted by molar-refractivity contribution is -0.140. The molecule has 9 heteroatoms. The Balaban J connectivity index is 2.17. The van der Waals surface area contributed by atoms with Gasteiger partial charge in [-0.15, -0.1) is 0 Å². The van der Waals surface area contributed by atoms with E-state index in [1.165, 1.54) is 9.21 Å². The minimum atomic E-state index is -3.52. The van der Waals surface area contributed by atoms with E-state index in [0.29, 0.717) is 24.4 Å². The zero-order valence-electron chi connectivity index (χ0n) is 20.6. The molecule has 2 amide bonds. The summed E-state index contributed by atoms with van der Waals surface area (Å²) in [5.41, 5.74) is 2.35. The highest BCUT2D eigenvalue weighted by Crippen LogP contribution is 2.21. The third-order valence-electron chi connectivity index (χ3n) is 5.45. The molecule has 0 fully saturated rings. The maximum absolute atomic E-state index is 13.2. The van der Waals surface area contributed by atoms with Gasteiger partial charge in [0.05, 0.1) is 19.1 Å². The van der Waals surface area contributed by atoms with Gasteiger partial charge in [0, 0.05) is 26.1 Å². The van der Waals surface area contributed by atoms with E-state index in [1.54, 1.807) is 32.2 Å². The van der Waals surface area contributed by atoms with Gasteiger partial charge >= 0.3 is 0 Å². The van der Waals surface area contributed by atoms with E-state index in [-0.39, 0.29) is 31.3 Å². The van der Waals surface area contributed by atoms with Crippen LogP contribution in [0.25, 0.3) is 0 Å². The summed E-state index contributed by atoms with van der Waals surface area (Å²) in [5, 5.41) is 2.76. The van der Waals surface area contributed by atoms with Crippen molar-refractivity contribution in [2.75, 3.05) is 30.8 Å². The minimum absolute atomic E-state index is 0.103. The zero-order valence-corrected chi connectivity index (χ0v) is 21.4. The SMILES string of the molecule is CCNC(=O)[C@H](C)N(Cc1cccc(OC)c1)C(=O)CCCN(c1cccc(C)c1)S(C)(=O)=O. The number of hydrogen-bond donors (Lipinski definition) is 1. The summed E-state index contributed by atoms with van der Waals surface area (Å²) >= 11 is 0. The number of nitrogens with zero attached hydrogens (tertiary/aromatic N) is 2. The summed E-state index contributed by atoms with van der Waals surface area (Å²) < 4.78 is 31.4. The number of methoxy groups -OCH3 is 1. The molecule has 0 saturated heterocycles. The van der Waals surface area contributed by atoms with Crippen LogP contribution < -0.4 is 14.4 Å². The topological polar surface area (TPSA) is 96.0 Å². The lowest BCUT2D eigenvalue weighted by Crippen LogP contribution is -2.47. The van der Waals surface area contributed by atoms with Crippen LogP contribution in [0, 0.1) is 6.92 Å². The zero-order chi connectivity index (χ0) is 25.3. The number of rotatable bonds is 12. The number of aryl methyl sites for hydroxylation is 1. The number of hydrogen-bond acceptors (Lipinski definition) is 5. The van der Waals surface area contributed by atoms with E-state index < -0.39 is 16.1 Å². The number of benzene rings is 2. The number of anilines is 1. The average molecular weight is 490 g/mol. The average Bonchev–Trinajstić information content (AvgIpc) is 2.79. The molecule has 186 valence electrons. The second kappa shape index (κ2) is 12.4. The first-order valence-electron chi connectivity index (χ1n) is 11.3. The van der Waals surface area contributed by atoms with Crippen molar-refractivity contribution in [1.82, 2.24) is 10.2 Å². The Bertz CT molecular complexity index is 1090. The third kappa shape index (κ3) is 7.76. The van der Waals surface area contributed by atoms with Crippen molar-refractivity contribution in [2.24, 2.45) is 0 Å². The molecular weight excluding hydrogens is 454 g/mol. The molecule has 0 unspecified atom stereocenters. The van der Waals surface area contributed by atoms with Gasteiger partial charge in [0.25, 0.3) is 0 Å². The Morgan fingerprint density at radius 1 is 1.12 bits per heavy atom. The summed E-state index contributed by atoms with van der Waals surface area (Å²) in [6.07, 6.45) is 1.57. The predicted octanol–water partition coefficient (Wildman–Crippen LogP) is 3.10. The van der Waals surface area contributed by atoms with Crippen LogP contribution >= 0.6 is 0 Å². The highest BCUT2D eigenvalue weighted by Gasteiger charge is 2.26. The summed E-state index contributed by atoms with van der Waals surface area (Å²) in [6.45, 7) is 6.28. The minimum Gasteiger partial charge on any atom is -0.497 e. The molecule has 0 spiro atoms. The van der Waals surface area contributed by atoms with Crippen LogP contribution in [-0.4, -0.2) is 57.6 Å². The molecule has 0 aromatic heterocycles. The second-order valence-electron chi connectivity index (χ2n) is 8.22. The standard InChI is InChI=1S/C25H35N3O5S/c1-6-26-25(30)20(3)27(18-21-11-8-13-23(17-21)33-4)24(29)14-9-15-28(34(5,31)32)22-12-7-10-19(2)16-22/h7-8,10-13,16-17,20H,6,9,14-15,18H2,1-5H3,(H,26,30)/t20-/m0/s1. The lowest BCUT2D eigenvalue weighted by atomic mass is 10.1. The number of likely N-dealkylation sites (N-methyl/N-ethyl adjacent to an activating group) is 1. The van der Waals surface area contributed by atoms with Crippen molar-refractivity contribution >= 4 is 27.5 Å². The second-order valence-corrected chi connectivity index (χ2v) is 10.1. The van der Waals surface area contributed by atoms with Crippen molar-refractivity contribution in [3.8, 4) is 5.75 Å². The largest absolute Gasteiger partial charge is 0.497 e. The number of carbonyl (C=O) groups excluding carboxylic acids is 2. The molecule has 1 N–H and O–H groups in total. The van der Waals surface area contributed by atoms with Gasteiger partial charge in [0.1, 0.15) is 11.8 Å². The van der Waals surface area contributed by atoms with Crippen LogP contribution in [0.15, 0.2) is 48.5 Å². The first-order valence-corrected chi connectivity index (χ1v) is 13.2. The highest BCUT2D eigenvalue weighted by molar-refractivity contribution is 7.92. The fourth-order valence-electron chi connectivity index (χ4n) is 3.66. The van der Waals surface area contributed by atoms with Crippen molar-refractivity contribution in [3.05, 3.63) is 59.7 Å². The first-order chi connectivity index (χ1) is 16.1. The molecule has 0 bridgehead atoms. The molecule has 0 heterocycles. The summed E-state index contributed by atoms with van der Waals surface area (Å²) in [4.78, 5) is 27.3. The molecule has 34 heavy (non-hydrogen) atoms. The number of nitrogens with one attached hydrogen (secondary N) is 1. The molecule has 2 rings (SSSR count). The normalized spacial score (nSPS) is 12.0. The number of carbonyl (C=O) groups is 2. The van der Waals surface area contributed by atoms with Gasteiger partial charge in [0.15, 0.2) is 0 Å². The van der Waals surface area contributed by atoms with E-state index in [1.807, 2.05) is 44.2 Å². The van der Waals surface area contributed by atoms with Crippen molar-refractivity contribution in [3.63, 3.8) is 0 Å². The van der Waals surface area contributed by atoms with Crippen molar-refractivity contribution < 1.29 is 22.7 Å². The monoisotopic (exact) mass is 489 g/mol. The van der Waals surface area contributed by atoms with E-state index >= 15 is 0 Å². The molecule has 0 aliphatic carbocycles. The molecule has 2 aromatic carbocycles. The van der Waals surface area contributed by atoms with Crippen LogP contribution in [0.3, 0.4) is 0 Å². The number of sulfonamides is 1. The Morgan fingerprint density at radius 2 is 1.82 bits per heavy atom. The molecule has 0 aliphatic heterocycles. The van der Waals surface area contributed by atoms with E-state index in [2.05, 4.69) is 5.32 Å². The molecule has 8 nitrogen and oxygen atoms in total. The lowest BCUT2D eigenvalue weighted by Gasteiger charge is -2.29. The quantitative estimate of drug-likeness (QED) is 0.494. The van der Waals surface area contributed by atoms with Crippen LogP contribution in [0.4, 0.5) is 5.69 Å². The Morgan fingerprint density at radius 3 is 2.44 bits per heavy atom. The van der Waals surface area contributed by atoms with Crippen LogP contribution in [0.2, 0.25) is 0 Å². The number of ether oxygens (including phenoxy) is 1. The molecule has 0 aliphatic rings. The molecule has 0 radical (unpaired) electrons. The Hall–Kier alpha value is -3.07. The Labute approximate surface area is 202 Å². The maximum Gasteiger partial charge on any atom is 0.242 e. The fraction of sp³-hybridized carbons (Fsp3) is 0.440. The first kappa shape index (κ1) is 27.2. The smallest absolute Gasteiger partial charge is 0.242 e. The van der Waals surface area contributed by atoms with Crippen molar-refractivity contribution in [1.29, 1.82) is 0 Å². The van der Waals surface area contributed by atoms with Crippen molar-refractivity contribution in [2.45, 2.75) is 46.2 Å². The predicted molar refractivity (Wildman–Crippen MR) is 134 cm³/mol. The van der Waals surface area contributed by atoms with Crippen LogP contribution in [0.1, 0.15) is 37.8 Å². The molecule has 0 saturated carbocycles. The third-order valence-corrected chi connectivity index (χ3v) is 6.64. The van der Waals surface area contributed by atoms with Gasteiger partial charge in [-0.3, -0.25) is 13.9 Å². The Kier molecular flexibility index (Phi) is 9.92. The molecule has 1 atom stereocenters. The van der Waals surface area contributed by atoms with E-state index in [0.717, 1.165) is 17.4 Å². The van der Waals surface area contributed by atoms with E-state index in [4.69, 9.17) is 4.74 Å². The van der Waals surface area contributed by atoms with Gasteiger partial charge in [-0.1, -0.05) is 24.3 Å². The maximum atomic E-state index is 13.2. The highest BCUT2D eigenvalue weighted by atomic mass is 32.2. The van der Waals surface area contributed by atoms with E-state index in [9.17, 15) is 18.0 Å². The van der Waals surface area contributed by atoms with Gasteiger partial charge in [0.2, 0.25) is 21.8 Å². The summed E-state index contributed by atoms with van der Waals surface area (Å²) in [7, 11) is -1.95. The molecular formula is C25H35N3O5S. The van der Waals surface area contributed by atoms with Crippen LogP contribution in [-0.2, 0) is 26.2 Å². The summed E-state index contributed by atoms with van der Waals surface area (Å²) in [6, 6.07) is 13.9. The van der Waals surface area contributed by atoms with Gasteiger partial charge < -0.3 is 15.0 Å². The molecule has 2 aromatic rings. The van der Waals surface area contributed by atoms with Crippen LogP contribution in [0.5, 0.6) is 5.75 Å². The van der Waals surface area contributed by atoms with Gasteiger partial charge in [-0.25, -0.2) is 8.42 Å².